The number of amides is 1. The minimum Gasteiger partial charge on any atom is -0.494 e. The Hall–Kier alpha value is -3.22. The largest absolute Gasteiger partial charge is 0.494 e. The van der Waals surface area contributed by atoms with Gasteiger partial charge < -0.3 is 14.8 Å². The molecule has 2 aromatic rings. The number of ether oxygens (including phenoxy) is 2. The third kappa shape index (κ3) is 6.41. The maximum atomic E-state index is 13.7. The van der Waals surface area contributed by atoms with Crippen LogP contribution in [0.25, 0.3) is 0 Å². The van der Waals surface area contributed by atoms with E-state index in [0.29, 0.717) is 23.2 Å². The van der Waals surface area contributed by atoms with Gasteiger partial charge in [-0.15, -0.1) is 0 Å². The molecule has 0 radical (unpaired) electrons. The van der Waals surface area contributed by atoms with E-state index < -0.39 is 17.9 Å². The maximum Gasteiger partial charge on any atom is 0.310 e. The lowest BCUT2D eigenvalue weighted by Gasteiger charge is -2.13. The molecular formula is C22H24FNO5. The van der Waals surface area contributed by atoms with Crippen LogP contribution in [-0.2, 0) is 20.7 Å². The lowest BCUT2D eigenvalue weighted by Crippen LogP contribution is -2.25. The molecule has 154 valence electrons. The summed E-state index contributed by atoms with van der Waals surface area (Å²) in [5.74, 6) is -1.60. The molecule has 1 N–H and O–H groups in total. The zero-order chi connectivity index (χ0) is 21.4. The molecule has 29 heavy (non-hydrogen) atoms. The Morgan fingerprint density at radius 2 is 1.79 bits per heavy atom. The molecule has 0 aliphatic carbocycles. The summed E-state index contributed by atoms with van der Waals surface area (Å²) in [7, 11) is 1.35. The van der Waals surface area contributed by atoms with Crippen LogP contribution in [0.5, 0.6) is 5.75 Å². The van der Waals surface area contributed by atoms with Crippen molar-refractivity contribution in [2.24, 2.45) is 0 Å². The second kappa shape index (κ2) is 10.4. The molecule has 1 amide bonds. The zero-order valence-corrected chi connectivity index (χ0v) is 16.7. The average molecular weight is 401 g/mol. The third-order valence-corrected chi connectivity index (χ3v) is 4.17. The molecule has 0 bridgehead atoms. The summed E-state index contributed by atoms with van der Waals surface area (Å²) in [6.07, 6.45) is 0.00681. The van der Waals surface area contributed by atoms with Crippen molar-refractivity contribution in [1.82, 2.24) is 0 Å². The Balaban J connectivity index is 1.93. The number of benzene rings is 2. The van der Waals surface area contributed by atoms with Crippen LogP contribution in [-0.4, -0.2) is 30.9 Å². The summed E-state index contributed by atoms with van der Waals surface area (Å²) >= 11 is 0. The van der Waals surface area contributed by atoms with Crippen molar-refractivity contribution in [2.45, 2.75) is 39.2 Å². The van der Waals surface area contributed by atoms with Gasteiger partial charge in [0.05, 0.1) is 13.5 Å². The van der Waals surface area contributed by atoms with E-state index >= 15 is 0 Å². The monoisotopic (exact) mass is 401 g/mol. The molecule has 0 heterocycles. The van der Waals surface area contributed by atoms with Crippen molar-refractivity contribution in [1.29, 1.82) is 0 Å². The number of esters is 1. The molecule has 2 aromatic carbocycles. The molecule has 0 unspecified atom stereocenters. The van der Waals surface area contributed by atoms with Crippen molar-refractivity contribution in [3.63, 3.8) is 0 Å². The first-order chi connectivity index (χ1) is 13.8. The number of carbonyl (C=O) groups is 3. The Morgan fingerprint density at radius 3 is 2.38 bits per heavy atom. The van der Waals surface area contributed by atoms with E-state index in [0.717, 1.165) is 6.42 Å². The van der Waals surface area contributed by atoms with Gasteiger partial charge in [-0.3, -0.25) is 14.4 Å². The number of methoxy groups -OCH3 is 1. The van der Waals surface area contributed by atoms with Gasteiger partial charge in [-0.05, 0) is 55.3 Å². The van der Waals surface area contributed by atoms with Gasteiger partial charge in [-0.1, -0.05) is 13.0 Å². The minimum atomic E-state index is -0.994. The first-order valence-corrected chi connectivity index (χ1v) is 9.30. The minimum absolute atomic E-state index is 0.0833. The van der Waals surface area contributed by atoms with Crippen LogP contribution in [0, 0.1) is 5.82 Å². The predicted octanol–water partition coefficient (Wildman–Crippen LogP) is 3.93. The van der Waals surface area contributed by atoms with E-state index in [1.807, 2.05) is 6.92 Å². The molecule has 0 fully saturated rings. The number of hydrogen-bond acceptors (Lipinski definition) is 5. The third-order valence-electron chi connectivity index (χ3n) is 4.17. The van der Waals surface area contributed by atoms with Crippen molar-refractivity contribution in [3.8, 4) is 5.75 Å². The predicted molar refractivity (Wildman–Crippen MR) is 107 cm³/mol. The van der Waals surface area contributed by atoms with E-state index in [-0.39, 0.29) is 23.9 Å². The summed E-state index contributed by atoms with van der Waals surface area (Å²) in [5, 5.41) is 2.74. The van der Waals surface area contributed by atoms with Crippen LogP contribution in [0.1, 0.15) is 42.6 Å². The smallest absolute Gasteiger partial charge is 0.310 e. The summed E-state index contributed by atoms with van der Waals surface area (Å²) < 4.78 is 23.7. The number of carbonyl (C=O) groups excluding carboxylic acids is 3. The lowest BCUT2D eigenvalue weighted by molar-refractivity contribution is -0.145. The van der Waals surface area contributed by atoms with Crippen LogP contribution in [0.4, 0.5) is 10.1 Å². The maximum absolute atomic E-state index is 13.7. The van der Waals surface area contributed by atoms with Crippen molar-refractivity contribution >= 4 is 23.3 Å². The lowest BCUT2D eigenvalue weighted by atomic mass is 10.1. The van der Waals surface area contributed by atoms with Gasteiger partial charge in [0.25, 0.3) is 0 Å². The Morgan fingerprint density at radius 1 is 1.10 bits per heavy atom. The molecule has 7 heteroatoms. The summed E-state index contributed by atoms with van der Waals surface area (Å²) in [5.41, 5.74) is 1.36. The molecular weight excluding hydrogens is 377 g/mol. The van der Waals surface area contributed by atoms with Gasteiger partial charge in [0.15, 0.2) is 17.7 Å². The van der Waals surface area contributed by atoms with Gasteiger partial charge in [-0.25, -0.2) is 4.39 Å². The van der Waals surface area contributed by atoms with Gasteiger partial charge in [-0.2, -0.15) is 0 Å². The molecule has 0 aliphatic rings. The number of hydrogen-bond donors (Lipinski definition) is 1. The fourth-order valence-corrected chi connectivity index (χ4v) is 2.68. The fraction of sp³-hybridized carbons (Fsp3) is 0.318. The Labute approximate surface area is 169 Å². The number of ketones is 1. The van der Waals surface area contributed by atoms with Crippen molar-refractivity contribution < 1.29 is 28.2 Å². The first-order valence-electron chi connectivity index (χ1n) is 9.30. The van der Waals surface area contributed by atoms with Crippen LogP contribution in [0.2, 0.25) is 0 Å². The Bertz CT molecular complexity index is 879. The van der Waals surface area contributed by atoms with Crippen LogP contribution >= 0.6 is 0 Å². The summed E-state index contributed by atoms with van der Waals surface area (Å²) in [6, 6.07) is 10.5. The molecule has 2 rings (SSSR count). The standard InChI is InChI=1S/C22H24FNO5/c1-4-5-20(25)24-17-9-7-16(8-10-17)22(27)14(2)29-21(26)13-15-6-11-19(28-3)18(23)12-15/h6-12,14H,4-5,13H2,1-3H3,(H,24,25)/t14-/m0/s1. The zero-order valence-electron chi connectivity index (χ0n) is 16.7. The molecule has 0 aromatic heterocycles. The normalized spacial score (nSPS) is 11.4. The van der Waals surface area contributed by atoms with E-state index in [9.17, 15) is 18.8 Å². The SMILES string of the molecule is CCCC(=O)Nc1ccc(C(=O)[C@H](C)OC(=O)Cc2ccc(OC)c(F)c2)cc1. The number of Topliss-reactive ketones (excluding diaryl/α,β-unsaturated/α-hetero) is 1. The molecule has 0 saturated carbocycles. The molecule has 0 saturated heterocycles. The number of anilines is 1. The second-order valence-electron chi connectivity index (χ2n) is 6.52. The summed E-state index contributed by atoms with van der Waals surface area (Å²) in [4.78, 5) is 36.2. The first kappa shape index (κ1) is 22.1. The Kier molecular flexibility index (Phi) is 7.88. The van der Waals surface area contributed by atoms with Crippen molar-refractivity contribution in [2.75, 3.05) is 12.4 Å². The summed E-state index contributed by atoms with van der Waals surface area (Å²) in [6.45, 7) is 3.39. The number of halogens is 1. The highest BCUT2D eigenvalue weighted by molar-refractivity contribution is 6.00. The topological polar surface area (TPSA) is 81.7 Å². The second-order valence-corrected chi connectivity index (χ2v) is 6.52. The fourth-order valence-electron chi connectivity index (χ4n) is 2.68. The quantitative estimate of drug-likeness (QED) is 0.509. The van der Waals surface area contributed by atoms with Gasteiger partial charge in [0, 0.05) is 17.7 Å². The van der Waals surface area contributed by atoms with Crippen LogP contribution in [0.3, 0.4) is 0 Å². The van der Waals surface area contributed by atoms with E-state index in [2.05, 4.69) is 5.32 Å². The molecule has 0 spiro atoms. The number of nitrogens with one attached hydrogen (secondary N) is 1. The van der Waals surface area contributed by atoms with Crippen LogP contribution < -0.4 is 10.1 Å². The van der Waals surface area contributed by atoms with Crippen LogP contribution in [0.15, 0.2) is 42.5 Å². The number of rotatable bonds is 9. The van der Waals surface area contributed by atoms with Gasteiger partial charge in [0.1, 0.15) is 0 Å². The molecule has 1 atom stereocenters. The average Bonchev–Trinajstić information content (AvgIpc) is 2.68. The van der Waals surface area contributed by atoms with Gasteiger partial charge >= 0.3 is 5.97 Å². The molecule has 0 aliphatic heterocycles. The van der Waals surface area contributed by atoms with Crippen molar-refractivity contribution in [3.05, 3.63) is 59.4 Å². The van der Waals surface area contributed by atoms with E-state index in [1.54, 1.807) is 30.3 Å². The highest BCUT2D eigenvalue weighted by Crippen LogP contribution is 2.19. The van der Waals surface area contributed by atoms with E-state index in [1.165, 1.54) is 26.2 Å². The molecule has 6 nitrogen and oxygen atoms in total. The highest BCUT2D eigenvalue weighted by atomic mass is 19.1. The van der Waals surface area contributed by atoms with E-state index in [4.69, 9.17) is 9.47 Å². The van der Waals surface area contributed by atoms with Gasteiger partial charge in [0.2, 0.25) is 11.7 Å². The highest BCUT2D eigenvalue weighted by Gasteiger charge is 2.20.